The van der Waals surface area contributed by atoms with E-state index >= 15 is 0 Å². The topological polar surface area (TPSA) is 0 Å². The molecule has 1 aromatic carbocycles. The molecule has 0 spiro atoms. The van der Waals surface area contributed by atoms with Crippen molar-refractivity contribution in [3.05, 3.63) is 34.7 Å². The van der Waals surface area contributed by atoms with E-state index in [2.05, 4.69) is 45.0 Å². The van der Waals surface area contributed by atoms with Gasteiger partial charge in [0.15, 0.2) is 0 Å². The van der Waals surface area contributed by atoms with Gasteiger partial charge in [0.1, 0.15) is 0 Å². The minimum absolute atomic E-state index is 0.627. The zero-order valence-corrected chi connectivity index (χ0v) is 9.11. The molecule has 0 aliphatic heterocycles. The Bertz CT molecular complexity index is 424. The van der Waals surface area contributed by atoms with Crippen LogP contribution >= 0.6 is 11.3 Å². The molecule has 0 unspecified atom stereocenters. The first-order chi connectivity index (χ1) is 6.18. The fourth-order valence-corrected chi connectivity index (χ4v) is 2.84. The number of aryl methyl sites for hydroxylation is 1. The number of rotatable bonds is 1. The normalized spacial score (nSPS) is 11.4. The highest BCUT2D eigenvalue weighted by molar-refractivity contribution is 7.19. The van der Waals surface area contributed by atoms with Gasteiger partial charge in [-0.15, -0.1) is 11.3 Å². The summed E-state index contributed by atoms with van der Waals surface area (Å²) < 4.78 is 1.47. The molecule has 2 rings (SSSR count). The zero-order valence-electron chi connectivity index (χ0n) is 8.29. The van der Waals surface area contributed by atoms with Gasteiger partial charge >= 0.3 is 0 Å². The average molecular weight is 190 g/mol. The van der Waals surface area contributed by atoms with Crippen LogP contribution < -0.4 is 0 Å². The second-order valence-corrected chi connectivity index (χ2v) is 5.03. The molecule has 0 amide bonds. The smallest absolute Gasteiger partial charge is 0.0380 e. The lowest BCUT2D eigenvalue weighted by Gasteiger charge is -2.05. The fourth-order valence-electron chi connectivity index (χ4n) is 1.67. The summed E-state index contributed by atoms with van der Waals surface area (Å²) in [7, 11) is 0. The van der Waals surface area contributed by atoms with Crippen LogP contribution in [0.15, 0.2) is 24.3 Å². The van der Waals surface area contributed by atoms with Gasteiger partial charge in [-0.05, 0) is 29.9 Å². The van der Waals surface area contributed by atoms with Gasteiger partial charge in [-0.3, -0.25) is 0 Å². The Balaban J connectivity index is 2.75. The van der Waals surface area contributed by atoms with E-state index in [0.717, 1.165) is 0 Å². The SMILES string of the molecule is Cc1cc2cccc(C(C)C)c2s1. The van der Waals surface area contributed by atoms with Crippen molar-refractivity contribution in [2.45, 2.75) is 26.7 Å². The fraction of sp³-hybridized carbons (Fsp3) is 0.333. The van der Waals surface area contributed by atoms with Crippen LogP contribution in [0.1, 0.15) is 30.2 Å². The van der Waals surface area contributed by atoms with E-state index < -0.39 is 0 Å². The van der Waals surface area contributed by atoms with Gasteiger partial charge in [-0.25, -0.2) is 0 Å². The third kappa shape index (κ3) is 1.49. The van der Waals surface area contributed by atoms with Gasteiger partial charge in [0.2, 0.25) is 0 Å². The lowest BCUT2D eigenvalue weighted by Crippen LogP contribution is -1.85. The molecule has 0 N–H and O–H groups in total. The molecule has 1 heteroatoms. The average Bonchev–Trinajstić information content (AvgIpc) is 2.43. The molecule has 0 atom stereocenters. The Hall–Kier alpha value is -0.820. The van der Waals surface area contributed by atoms with Crippen LogP contribution in [0.25, 0.3) is 10.1 Å². The first-order valence-corrected chi connectivity index (χ1v) is 5.49. The molecule has 0 saturated carbocycles. The van der Waals surface area contributed by atoms with Gasteiger partial charge in [0.25, 0.3) is 0 Å². The lowest BCUT2D eigenvalue weighted by molar-refractivity contribution is 0.878. The molecule has 0 nitrogen and oxygen atoms in total. The minimum Gasteiger partial charge on any atom is -0.140 e. The predicted octanol–water partition coefficient (Wildman–Crippen LogP) is 4.33. The van der Waals surface area contributed by atoms with Crippen LogP contribution in [0.3, 0.4) is 0 Å². The quantitative estimate of drug-likeness (QED) is 0.627. The van der Waals surface area contributed by atoms with Gasteiger partial charge in [-0.1, -0.05) is 32.0 Å². The summed E-state index contributed by atoms with van der Waals surface area (Å²) in [6.45, 7) is 6.68. The molecule has 0 bridgehead atoms. The standard InChI is InChI=1S/C12H14S/c1-8(2)11-6-4-5-10-7-9(3)13-12(10)11/h4-8H,1-3H3. The summed E-state index contributed by atoms with van der Waals surface area (Å²) in [5.74, 6) is 0.627. The molecule has 1 aromatic heterocycles. The summed E-state index contributed by atoms with van der Waals surface area (Å²) in [4.78, 5) is 1.41. The van der Waals surface area contributed by atoms with Crippen molar-refractivity contribution in [3.8, 4) is 0 Å². The molecule has 0 saturated heterocycles. The number of benzene rings is 1. The number of hydrogen-bond donors (Lipinski definition) is 0. The van der Waals surface area contributed by atoms with Crippen LogP contribution in [-0.4, -0.2) is 0 Å². The van der Waals surface area contributed by atoms with Crippen molar-refractivity contribution in [2.24, 2.45) is 0 Å². The summed E-state index contributed by atoms with van der Waals surface area (Å²) in [6, 6.07) is 8.86. The first-order valence-electron chi connectivity index (χ1n) is 4.67. The third-order valence-electron chi connectivity index (χ3n) is 2.32. The van der Waals surface area contributed by atoms with E-state index in [1.54, 1.807) is 0 Å². The van der Waals surface area contributed by atoms with Crippen molar-refractivity contribution in [1.29, 1.82) is 0 Å². The summed E-state index contributed by atoms with van der Waals surface area (Å²) in [5, 5.41) is 1.40. The van der Waals surface area contributed by atoms with Crippen LogP contribution in [-0.2, 0) is 0 Å². The van der Waals surface area contributed by atoms with Crippen LogP contribution in [0.4, 0.5) is 0 Å². The van der Waals surface area contributed by atoms with Gasteiger partial charge in [-0.2, -0.15) is 0 Å². The Labute approximate surface area is 83.2 Å². The third-order valence-corrected chi connectivity index (χ3v) is 3.44. The molecule has 13 heavy (non-hydrogen) atoms. The highest BCUT2D eigenvalue weighted by Gasteiger charge is 2.06. The van der Waals surface area contributed by atoms with Crippen molar-refractivity contribution in [2.75, 3.05) is 0 Å². The lowest BCUT2D eigenvalue weighted by atomic mass is 10.0. The van der Waals surface area contributed by atoms with Crippen LogP contribution in [0.5, 0.6) is 0 Å². The summed E-state index contributed by atoms with van der Waals surface area (Å²) >= 11 is 1.91. The minimum atomic E-state index is 0.627. The van der Waals surface area contributed by atoms with E-state index in [4.69, 9.17) is 0 Å². The largest absolute Gasteiger partial charge is 0.140 e. The molecule has 2 aromatic rings. The van der Waals surface area contributed by atoms with E-state index in [0.29, 0.717) is 5.92 Å². The Morgan fingerprint density at radius 1 is 1.23 bits per heavy atom. The summed E-state index contributed by atoms with van der Waals surface area (Å²) in [5.41, 5.74) is 1.48. The maximum Gasteiger partial charge on any atom is 0.0380 e. The molecular formula is C12H14S. The van der Waals surface area contributed by atoms with E-state index in [1.165, 1.54) is 20.5 Å². The monoisotopic (exact) mass is 190 g/mol. The van der Waals surface area contributed by atoms with E-state index in [9.17, 15) is 0 Å². The van der Waals surface area contributed by atoms with Gasteiger partial charge in [0, 0.05) is 9.58 Å². The molecule has 1 heterocycles. The zero-order chi connectivity index (χ0) is 9.42. The van der Waals surface area contributed by atoms with Crippen molar-refractivity contribution >= 4 is 21.4 Å². The number of hydrogen-bond acceptors (Lipinski definition) is 1. The van der Waals surface area contributed by atoms with Crippen molar-refractivity contribution in [1.82, 2.24) is 0 Å². The Morgan fingerprint density at radius 3 is 2.69 bits per heavy atom. The van der Waals surface area contributed by atoms with Crippen molar-refractivity contribution < 1.29 is 0 Å². The predicted molar refractivity (Wildman–Crippen MR) is 60.7 cm³/mol. The van der Waals surface area contributed by atoms with Gasteiger partial charge < -0.3 is 0 Å². The molecule has 68 valence electrons. The van der Waals surface area contributed by atoms with Crippen LogP contribution in [0, 0.1) is 6.92 Å². The maximum absolute atomic E-state index is 2.27. The highest BCUT2D eigenvalue weighted by Crippen LogP contribution is 2.31. The van der Waals surface area contributed by atoms with Crippen LogP contribution in [0.2, 0.25) is 0 Å². The first kappa shape index (κ1) is 8.76. The number of thiophene rings is 1. The van der Waals surface area contributed by atoms with E-state index in [-0.39, 0.29) is 0 Å². The highest BCUT2D eigenvalue weighted by atomic mass is 32.1. The molecular weight excluding hydrogens is 176 g/mol. The molecule has 0 aliphatic carbocycles. The molecule has 0 radical (unpaired) electrons. The Morgan fingerprint density at radius 2 is 2.00 bits per heavy atom. The summed E-state index contributed by atoms with van der Waals surface area (Å²) in [6.07, 6.45) is 0. The maximum atomic E-state index is 2.27. The van der Waals surface area contributed by atoms with Gasteiger partial charge in [0.05, 0.1) is 0 Å². The Kier molecular flexibility index (Phi) is 2.12. The second-order valence-electron chi connectivity index (χ2n) is 3.78. The second kappa shape index (κ2) is 3.15. The van der Waals surface area contributed by atoms with E-state index in [1.807, 2.05) is 11.3 Å². The van der Waals surface area contributed by atoms with Crippen molar-refractivity contribution in [3.63, 3.8) is 0 Å². The molecule has 0 fully saturated rings. The number of fused-ring (bicyclic) bond motifs is 1. The molecule has 0 aliphatic rings.